The highest BCUT2D eigenvalue weighted by Crippen LogP contribution is 2.65. The van der Waals surface area contributed by atoms with Gasteiger partial charge in [-0.15, -0.1) is 0 Å². The minimum absolute atomic E-state index is 0.0681. The van der Waals surface area contributed by atoms with Gasteiger partial charge in [0.2, 0.25) is 11.8 Å². The number of nitrogens with zero attached hydrogens (tertiary/aromatic N) is 1. The highest BCUT2D eigenvalue weighted by Gasteiger charge is 2.66. The molecule has 0 spiro atoms. The van der Waals surface area contributed by atoms with Gasteiger partial charge in [-0.3, -0.25) is 14.5 Å². The molecule has 1 aliphatic heterocycles. The van der Waals surface area contributed by atoms with Crippen LogP contribution >= 0.6 is 0 Å². The second-order valence-electron chi connectivity index (χ2n) is 6.90. The van der Waals surface area contributed by atoms with Crippen LogP contribution in [0.15, 0.2) is 42.5 Å². The highest BCUT2D eigenvalue weighted by molar-refractivity contribution is 6.06. The standard InChI is InChI=1S/C18H17NO2/c20-17-15-11-6-7-12(14-8-13(11)14)16(15)18(21)19(17)9-10-4-2-1-3-5-10/h1-7,11-16H,8-9H2/t11-,12-,13-,14+,15+,16-/m1/s1. The largest absolute Gasteiger partial charge is 0.278 e. The summed E-state index contributed by atoms with van der Waals surface area (Å²) in [7, 11) is 0. The van der Waals surface area contributed by atoms with Crippen LogP contribution in [0.3, 0.4) is 0 Å². The smallest absolute Gasteiger partial charge is 0.234 e. The predicted molar refractivity (Wildman–Crippen MR) is 76.7 cm³/mol. The van der Waals surface area contributed by atoms with Crippen molar-refractivity contribution in [2.24, 2.45) is 35.5 Å². The number of amides is 2. The maximum atomic E-state index is 12.8. The normalized spacial score (nSPS) is 42.2. The Hall–Kier alpha value is -1.90. The molecule has 0 aromatic heterocycles. The number of likely N-dealkylation sites (tertiary alicyclic amines) is 1. The molecule has 0 radical (unpaired) electrons. The zero-order valence-electron chi connectivity index (χ0n) is 11.7. The van der Waals surface area contributed by atoms with Gasteiger partial charge >= 0.3 is 0 Å². The predicted octanol–water partition coefficient (Wildman–Crippen LogP) is 2.24. The fraction of sp³-hybridized carbons (Fsp3) is 0.444. The summed E-state index contributed by atoms with van der Waals surface area (Å²) in [6.45, 7) is 0.431. The molecular weight excluding hydrogens is 262 g/mol. The summed E-state index contributed by atoms with van der Waals surface area (Å²) in [5, 5.41) is 0. The summed E-state index contributed by atoms with van der Waals surface area (Å²) < 4.78 is 0. The van der Waals surface area contributed by atoms with Gasteiger partial charge in [-0.1, -0.05) is 42.5 Å². The number of allylic oxidation sites excluding steroid dienone is 2. The average Bonchev–Trinajstić information content (AvgIpc) is 3.30. The molecule has 5 aliphatic rings. The van der Waals surface area contributed by atoms with Crippen molar-refractivity contribution in [3.8, 4) is 0 Å². The van der Waals surface area contributed by atoms with Gasteiger partial charge in [0.25, 0.3) is 0 Å². The summed E-state index contributed by atoms with van der Waals surface area (Å²) in [5.41, 5.74) is 1.03. The number of hydrogen-bond acceptors (Lipinski definition) is 2. The summed E-state index contributed by atoms with van der Waals surface area (Å²) in [5.74, 6) is 1.99. The van der Waals surface area contributed by atoms with Crippen molar-refractivity contribution >= 4 is 11.8 Å². The van der Waals surface area contributed by atoms with Crippen molar-refractivity contribution in [1.82, 2.24) is 4.90 Å². The molecule has 1 aromatic carbocycles. The van der Waals surface area contributed by atoms with Gasteiger partial charge in [-0.2, -0.15) is 0 Å². The molecule has 6 rings (SSSR count). The molecule has 3 heteroatoms. The van der Waals surface area contributed by atoms with Crippen molar-refractivity contribution in [2.75, 3.05) is 0 Å². The van der Waals surface area contributed by atoms with Crippen molar-refractivity contribution < 1.29 is 9.59 Å². The summed E-state index contributed by atoms with van der Waals surface area (Å²) in [4.78, 5) is 27.1. The molecule has 106 valence electrons. The monoisotopic (exact) mass is 279 g/mol. The number of benzene rings is 1. The molecule has 2 amide bonds. The lowest BCUT2D eigenvalue weighted by molar-refractivity contribution is -0.140. The van der Waals surface area contributed by atoms with E-state index in [0.717, 1.165) is 5.56 Å². The molecule has 1 aromatic rings. The number of rotatable bonds is 2. The molecule has 2 bridgehead atoms. The van der Waals surface area contributed by atoms with Gasteiger partial charge in [0.1, 0.15) is 0 Å². The maximum absolute atomic E-state index is 12.8. The Morgan fingerprint density at radius 3 is 2.05 bits per heavy atom. The Bertz CT molecular complexity index is 629. The van der Waals surface area contributed by atoms with Crippen LogP contribution in [-0.2, 0) is 16.1 Å². The van der Waals surface area contributed by atoms with E-state index in [9.17, 15) is 9.59 Å². The Balaban J connectivity index is 1.49. The number of carbonyl (C=O) groups is 2. The van der Waals surface area contributed by atoms with Crippen LogP contribution in [0.5, 0.6) is 0 Å². The third-order valence-electron chi connectivity index (χ3n) is 5.94. The van der Waals surface area contributed by atoms with E-state index in [-0.39, 0.29) is 23.7 Å². The first kappa shape index (κ1) is 11.7. The molecule has 3 fully saturated rings. The molecule has 0 N–H and O–H groups in total. The quantitative estimate of drug-likeness (QED) is 0.615. The van der Waals surface area contributed by atoms with Crippen molar-refractivity contribution in [2.45, 2.75) is 13.0 Å². The Kier molecular flexibility index (Phi) is 2.15. The van der Waals surface area contributed by atoms with Gasteiger partial charge < -0.3 is 0 Å². The molecule has 21 heavy (non-hydrogen) atoms. The Morgan fingerprint density at radius 2 is 1.48 bits per heavy atom. The first-order chi connectivity index (χ1) is 10.3. The lowest BCUT2D eigenvalue weighted by Crippen LogP contribution is -2.40. The third kappa shape index (κ3) is 1.44. The van der Waals surface area contributed by atoms with E-state index < -0.39 is 0 Å². The zero-order chi connectivity index (χ0) is 14.1. The molecule has 2 saturated carbocycles. The lowest BCUT2D eigenvalue weighted by atomic mass is 9.63. The maximum Gasteiger partial charge on any atom is 0.234 e. The van der Waals surface area contributed by atoms with Crippen LogP contribution in [0.1, 0.15) is 12.0 Å². The fourth-order valence-electron chi connectivity index (χ4n) is 4.94. The van der Waals surface area contributed by atoms with Crippen LogP contribution in [0.25, 0.3) is 0 Å². The van der Waals surface area contributed by atoms with E-state index in [2.05, 4.69) is 12.2 Å². The van der Waals surface area contributed by atoms with Gasteiger partial charge in [0.05, 0.1) is 18.4 Å². The first-order valence-corrected chi connectivity index (χ1v) is 7.83. The van der Waals surface area contributed by atoms with Crippen LogP contribution < -0.4 is 0 Å². The van der Waals surface area contributed by atoms with Crippen LogP contribution in [-0.4, -0.2) is 16.7 Å². The van der Waals surface area contributed by atoms with Gasteiger partial charge in [0.15, 0.2) is 0 Å². The van der Waals surface area contributed by atoms with Gasteiger partial charge in [-0.05, 0) is 35.7 Å². The van der Waals surface area contributed by atoms with Gasteiger partial charge in [0, 0.05) is 0 Å². The van der Waals surface area contributed by atoms with E-state index in [1.807, 2.05) is 30.3 Å². The Labute approximate surface area is 123 Å². The average molecular weight is 279 g/mol. The van der Waals surface area contributed by atoms with Crippen molar-refractivity contribution in [1.29, 1.82) is 0 Å². The highest BCUT2D eigenvalue weighted by atomic mass is 16.2. The van der Waals surface area contributed by atoms with Crippen molar-refractivity contribution in [3.05, 3.63) is 48.0 Å². The zero-order valence-corrected chi connectivity index (χ0v) is 11.7. The molecular formula is C18H17NO2. The second-order valence-corrected chi connectivity index (χ2v) is 6.90. The van der Waals surface area contributed by atoms with E-state index in [1.165, 1.54) is 11.3 Å². The molecule has 6 atom stereocenters. The topological polar surface area (TPSA) is 37.4 Å². The molecule has 3 nitrogen and oxygen atoms in total. The van der Waals surface area contributed by atoms with E-state index in [1.54, 1.807) is 0 Å². The van der Waals surface area contributed by atoms with Crippen LogP contribution in [0.2, 0.25) is 0 Å². The first-order valence-electron chi connectivity index (χ1n) is 7.83. The minimum atomic E-state index is -0.0695. The molecule has 4 aliphatic carbocycles. The van der Waals surface area contributed by atoms with Gasteiger partial charge in [-0.25, -0.2) is 0 Å². The third-order valence-corrected chi connectivity index (χ3v) is 5.94. The summed E-state index contributed by atoms with van der Waals surface area (Å²) >= 11 is 0. The SMILES string of the molecule is O=C1[C@@H]2[C@@H]3C=C[C@H]([C@H]4C[C@@H]34)[C@@H]2C(=O)N1Cc1ccccc1. The van der Waals surface area contributed by atoms with Crippen LogP contribution in [0.4, 0.5) is 0 Å². The van der Waals surface area contributed by atoms with Crippen LogP contribution in [0, 0.1) is 35.5 Å². The second kappa shape index (κ2) is 3.85. The molecule has 1 saturated heterocycles. The lowest BCUT2D eigenvalue weighted by Gasteiger charge is -2.37. The van der Waals surface area contributed by atoms with E-state index in [4.69, 9.17) is 0 Å². The molecule has 0 unspecified atom stereocenters. The number of carbonyl (C=O) groups excluding carboxylic acids is 2. The van der Waals surface area contributed by atoms with E-state index >= 15 is 0 Å². The number of imide groups is 1. The summed E-state index contributed by atoms with van der Waals surface area (Å²) in [6, 6.07) is 9.82. The van der Waals surface area contributed by atoms with E-state index in [0.29, 0.717) is 30.2 Å². The minimum Gasteiger partial charge on any atom is -0.278 e. The number of hydrogen-bond donors (Lipinski definition) is 0. The summed E-state index contributed by atoms with van der Waals surface area (Å²) in [6.07, 6.45) is 5.66. The Morgan fingerprint density at radius 1 is 0.905 bits per heavy atom. The fourth-order valence-corrected chi connectivity index (χ4v) is 4.94. The van der Waals surface area contributed by atoms with Crippen molar-refractivity contribution in [3.63, 3.8) is 0 Å². The molecule has 1 heterocycles.